The van der Waals surface area contributed by atoms with E-state index in [-0.39, 0.29) is 36.5 Å². The average molecular weight is 299 g/mol. The number of carbonyl (C=O) groups is 1. The fourth-order valence-electron chi connectivity index (χ4n) is 1.96. The first-order chi connectivity index (χ1) is 9.92. The van der Waals surface area contributed by atoms with Gasteiger partial charge in [0.15, 0.2) is 0 Å². The van der Waals surface area contributed by atoms with Crippen LogP contribution in [0.3, 0.4) is 0 Å². The van der Waals surface area contributed by atoms with Crippen LogP contribution in [0.1, 0.15) is 30.4 Å². The molecule has 0 atom stereocenters. The normalized spacial score (nSPS) is 10.9. The highest BCUT2D eigenvalue weighted by Gasteiger charge is 2.24. The number of aliphatic hydroxyl groups is 1. The minimum atomic E-state index is -0.527. The third-order valence-corrected chi connectivity index (χ3v) is 3.04. The second-order valence-electron chi connectivity index (χ2n) is 4.85. The Hall–Kier alpha value is -1.93. The van der Waals surface area contributed by atoms with Crippen LogP contribution in [0, 0.1) is 10.1 Å². The number of carbonyl (C=O) groups excluding carboxylic acids is 1. The maximum absolute atomic E-state index is 12.5. The zero-order chi connectivity index (χ0) is 16.0. The maximum Gasteiger partial charge on any atom is 0.287 e. The monoisotopic (exact) mass is 299 g/mol. The molecule has 0 radical (unpaired) electrons. The highest BCUT2D eigenvalue weighted by Crippen LogP contribution is 2.22. The largest absolute Gasteiger partial charge is 0.395 e. The summed E-state index contributed by atoms with van der Waals surface area (Å²) in [7, 11) is 1.52. The minimum Gasteiger partial charge on any atom is -0.395 e. The lowest BCUT2D eigenvalue weighted by molar-refractivity contribution is -0.384. The van der Waals surface area contributed by atoms with Gasteiger partial charge >= 0.3 is 0 Å². The lowest BCUT2D eigenvalue weighted by Crippen LogP contribution is -2.37. The van der Waals surface area contributed by atoms with Gasteiger partial charge in [0.05, 0.1) is 24.3 Å². The molecule has 0 spiro atoms. The van der Waals surface area contributed by atoms with E-state index < -0.39 is 4.92 Å². The van der Waals surface area contributed by atoms with E-state index in [9.17, 15) is 14.9 Å². The molecule has 1 amide bonds. The van der Waals surface area contributed by atoms with Gasteiger partial charge in [0.1, 0.15) is 5.69 Å². The second-order valence-corrected chi connectivity index (χ2v) is 4.85. The molecule has 0 bridgehead atoms. The van der Waals surface area contributed by atoms with Crippen LogP contribution in [0.4, 0.5) is 5.69 Å². The van der Waals surface area contributed by atoms with Crippen molar-refractivity contribution >= 4 is 11.6 Å². The van der Waals surface area contributed by atoms with Crippen LogP contribution in [-0.4, -0.2) is 58.8 Å². The van der Waals surface area contributed by atoms with Gasteiger partial charge in [0.2, 0.25) is 0 Å². The number of ether oxygens (including phenoxy) is 1. The van der Waals surface area contributed by atoms with E-state index in [1.807, 2.05) is 13.8 Å². The van der Waals surface area contributed by atoms with Crippen molar-refractivity contribution in [1.82, 2.24) is 9.47 Å². The van der Waals surface area contributed by atoms with Gasteiger partial charge in [0.25, 0.3) is 11.6 Å². The molecule has 118 valence electrons. The van der Waals surface area contributed by atoms with Crippen LogP contribution in [0.15, 0.2) is 12.3 Å². The van der Waals surface area contributed by atoms with Crippen molar-refractivity contribution in [1.29, 1.82) is 0 Å². The molecule has 8 heteroatoms. The fourth-order valence-corrected chi connectivity index (χ4v) is 1.96. The van der Waals surface area contributed by atoms with Gasteiger partial charge in [-0.25, -0.2) is 0 Å². The predicted molar refractivity (Wildman–Crippen MR) is 76.3 cm³/mol. The molecule has 1 aromatic rings. The first kappa shape index (κ1) is 17.1. The van der Waals surface area contributed by atoms with Gasteiger partial charge < -0.3 is 19.3 Å². The second kappa shape index (κ2) is 7.75. The van der Waals surface area contributed by atoms with Crippen molar-refractivity contribution < 1.29 is 19.6 Å². The van der Waals surface area contributed by atoms with E-state index in [0.29, 0.717) is 13.2 Å². The highest BCUT2D eigenvalue weighted by atomic mass is 16.6. The number of nitrogens with zero attached hydrogens (tertiary/aromatic N) is 3. The third-order valence-electron chi connectivity index (χ3n) is 3.04. The number of hydrogen-bond donors (Lipinski definition) is 1. The summed E-state index contributed by atoms with van der Waals surface area (Å²) in [5.74, 6) is -0.358. The topological polar surface area (TPSA) is 97.8 Å². The first-order valence-electron chi connectivity index (χ1n) is 6.67. The Morgan fingerprint density at radius 3 is 2.67 bits per heavy atom. The number of rotatable bonds is 8. The lowest BCUT2D eigenvalue weighted by Gasteiger charge is -2.22. The van der Waals surface area contributed by atoms with Gasteiger partial charge in [0, 0.05) is 32.3 Å². The summed E-state index contributed by atoms with van der Waals surface area (Å²) in [5, 5.41) is 19.9. The molecule has 1 N–H and O–H groups in total. The molecule has 0 fully saturated rings. The summed E-state index contributed by atoms with van der Waals surface area (Å²) in [4.78, 5) is 24.3. The van der Waals surface area contributed by atoms with Crippen LogP contribution in [0.5, 0.6) is 0 Å². The van der Waals surface area contributed by atoms with Crippen LogP contribution >= 0.6 is 0 Å². The van der Waals surface area contributed by atoms with Crippen molar-refractivity contribution in [3.8, 4) is 0 Å². The molecule has 0 aliphatic rings. The number of aromatic nitrogens is 1. The van der Waals surface area contributed by atoms with Crippen molar-refractivity contribution in [2.75, 3.05) is 33.4 Å². The molecule has 0 aliphatic heterocycles. The number of methoxy groups -OCH3 is 1. The predicted octanol–water partition coefficient (Wildman–Crippen LogP) is 1.06. The van der Waals surface area contributed by atoms with E-state index >= 15 is 0 Å². The quantitative estimate of drug-likeness (QED) is 0.571. The standard InChI is InChI=1S/C13H21N3O5/c1-10(2)15-9-11(16(19)20)8-12(15)13(18)14(4-6-17)5-7-21-3/h8-10,17H,4-7H2,1-3H3. The van der Waals surface area contributed by atoms with E-state index in [2.05, 4.69) is 0 Å². The molecule has 8 nitrogen and oxygen atoms in total. The molecule has 1 rings (SSSR count). The zero-order valence-electron chi connectivity index (χ0n) is 12.5. The number of aliphatic hydroxyl groups excluding tert-OH is 1. The van der Waals surface area contributed by atoms with Crippen molar-refractivity contribution in [2.45, 2.75) is 19.9 Å². The molecule has 0 unspecified atom stereocenters. The Balaban J connectivity index is 3.10. The molecule has 21 heavy (non-hydrogen) atoms. The Kier molecular flexibility index (Phi) is 6.32. The van der Waals surface area contributed by atoms with Crippen LogP contribution in [0.2, 0.25) is 0 Å². The fraction of sp³-hybridized carbons (Fsp3) is 0.615. The number of nitro groups is 1. The van der Waals surface area contributed by atoms with Crippen LogP contribution < -0.4 is 0 Å². The first-order valence-corrected chi connectivity index (χ1v) is 6.67. The zero-order valence-corrected chi connectivity index (χ0v) is 12.5. The Labute approximate surface area is 123 Å². The smallest absolute Gasteiger partial charge is 0.287 e. The van der Waals surface area contributed by atoms with E-state index in [1.165, 1.54) is 24.3 Å². The molecular formula is C13H21N3O5. The number of hydrogen-bond acceptors (Lipinski definition) is 5. The summed E-state index contributed by atoms with van der Waals surface area (Å²) >= 11 is 0. The summed E-state index contributed by atoms with van der Waals surface area (Å²) < 4.78 is 6.50. The van der Waals surface area contributed by atoms with Crippen LogP contribution in [-0.2, 0) is 4.74 Å². The molecule has 1 heterocycles. The molecule has 1 aromatic heterocycles. The van der Waals surface area contributed by atoms with Gasteiger partial charge in [-0.2, -0.15) is 0 Å². The van der Waals surface area contributed by atoms with Gasteiger partial charge in [-0.15, -0.1) is 0 Å². The average Bonchev–Trinajstić information content (AvgIpc) is 2.88. The van der Waals surface area contributed by atoms with Crippen LogP contribution in [0.25, 0.3) is 0 Å². The van der Waals surface area contributed by atoms with E-state index in [0.717, 1.165) is 0 Å². The SMILES string of the molecule is COCCN(CCO)C(=O)c1cc([N+](=O)[O-])cn1C(C)C. The third kappa shape index (κ3) is 4.27. The lowest BCUT2D eigenvalue weighted by atomic mass is 10.3. The van der Waals surface area contributed by atoms with Gasteiger partial charge in [-0.1, -0.05) is 0 Å². The summed E-state index contributed by atoms with van der Waals surface area (Å²) in [6.45, 7) is 4.29. The highest BCUT2D eigenvalue weighted by molar-refractivity contribution is 5.93. The van der Waals surface area contributed by atoms with E-state index in [1.54, 1.807) is 4.57 Å². The van der Waals surface area contributed by atoms with Crippen molar-refractivity contribution in [3.63, 3.8) is 0 Å². The molecule has 0 aliphatic carbocycles. The Morgan fingerprint density at radius 1 is 1.52 bits per heavy atom. The van der Waals surface area contributed by atoms with E-state index in [4.69, 9.17) is 9.84 Å². The Bertz CT molecular complexity index is 498. The van der Waals surface area contributed by atoms with Crippen molar-refractivity contribution in [3.05, 3.63) is 28.1 Å². The van der Waals surface area contributed by atoms with Gasteiger partial charge in [-0.05, 0) is 13.8 Å². The summed E-state index contributed by atoms with van der Waals surface area (Å²) in [5.41, 5.74) is 0.115. The van der Waals surface area contributed by atoms with Crippen molar-refractivity contribution in [2.24, 2.45) is 0 Å². The Morgan fingerprint density at radius 2 is 2.19 bits per heavy atom. The van der Waals surface area contributed by atoms with Gasteiger partial charge in [-0.3, -0.25) is 14.9 Å². The maximum atomic E-state index is 12.5. The molecule has 0 saturated heterocycles. The summed E-state index contributed by atoms with van der Waals surface area (Å²) in [6.07, 6.45) is 1.35. The molecule has 0 saturated carbocycles. The number of amides is 1. The molecule has 0 aromatic carbocycles. The molecular weight excluding hydrogens is 278 g/mol. The minimum absolute atomic E-state index is 0.0870. The summed E-state index contributed by atoms with van der Waals surface area (Å²) in [6, 6.07) is 1.18.